The van der Waals surface area contributed by atoms with Gasteiger partial charge < -0.3 is 15.1 Å². The fourth-order valence-corrected chi connectivity index (χ4v) is 4.34. The fraction of sp³-hybridized carbons (Fsp3) is 0.250. The number of imide groups is 1. The number of aliphatic hydroxyl groups excluding tert-OH is 1. The number of hydrogen-bond donors (Lipinski definition) is 2. The van der Waals surface area contributed by atoms with E-state index >= 15 is 0 Å². The number of phenolic OH excluding ortho intramolecular Hbond substituents is 1. The quantitative estimate of drug-likeness (QED) is 0.653. The normalized spacial score (nSPS) is 16.5. The number of carbonyl (C=O) groups excluding carboxylic acids is 3. The van der Waals surface area contributed by atoms with Crippen molar-refractivity contribution >= 4 is 46.2 Å². The second kappa shape index (κ2) is 9.25. The number of thioether (sulfide) groups is 1. The van der Waals surface area contributed by atoms with Crippen molar-refractivity contribution in [2.45, 2.75) is 12.5 Å². The topological polar surface area (TPSA) is 98.2 Å². The van der Waals surface area contributed by atoms with Crippen LogP contribution in [0.1, 0.15) is 23.0 Å². The number of nitrogens with zero attached hydrogens (tertiary/aromatic N) is 2. The van der Waals surface area contributed by atoms with E-state index in [1.54, 1.807) is 25.3 Å². The number of likely N-dealkylation sites (N-methyl/N-ethyl adjacent to an activating group) is 1. The predicted octanol–water partition coefficient (Wildman–Crippen LogP) is 3.07. The molecule has 0 aliphatic carbocycles. The lowest BCUT2D eigenvalue weighted by atomic mass is 10.1. The van der Waals surface area contributed by atoms with Crippen LogP contribution >= 0.6 is 23.1 Å². The summed E-state index contributed by atoms with van der Waals surface area (Å²) in [5.41, 5.74) is 0.576. The number of benzene rings is 1. The highest BCUT2D eigenvalue weighted by molar-refractivity contribution is 8.18. The minimum absolute atomic E-state index is 0.00900. The number of carbonyl (C=O) groups is 3. The van der Waals surface area contributed by atoms with Crippen molar-refractivity contribution in [3.8, 4) is 5.75 Å². The number of hydrogen-bond acceptors (Lipinski definition) is 7. The summed E-state index contributed by atoms with van der Waals surface area (Å²) in [6.07, 6.45) is 0.746. The molecule has 3 amide bonds. The second-order valence-electron chi connectivity index (χ2n) is 6.48. The van der Waals surface area contributed by atoms with Crippen LogP contribution in [0.25, 0.3) is 6.08 Å². The van der Waals surface area contributed by atoms with Gasteiger partial charge in [-0.1, -0.05) is 18.2 Å². The van der Waals surface area contributed by atoms with Gasteiger partial charge in [-0.3, -0.25) is 19.3 Å². The molecule has 0 saturated carbocycles. The highest BCUT2D eigenvalue weighted by Gasteiger charge is 2.35. The minimum Gasteiger partial charge on any atom is -0.508 e. The number of aliphatic hydroxyl groups is 1. The van der Waals surface area contributed by atoms with Gasteiger partial charge in [0.2, 0.25) is 5.91 Å². The van der Waals surface area contributed by atoms with Crippen molar-refractivity contribution in [1.29, 1.82) is 0 Å². The summed E-state index contributed by atoms with van der Waals surface area (Å²) in [6.45, 7) is 0.0503. The largest absolute Gasteiger partial charge is 0.508 e. The van der Waals surface area contributed by atoms with Gasteiger partial charge in [0.05, 0.1) is 17.6 Å². The average molecular weight is 433 g/mol. The zero-order valence-corrected chi connectivity index (χ0v) is 17.3. The van der Waals surface area contributed by atoms with Crippen LogP contribution in [0.2, 0.25) is 0 Å². The Kier molecular flexibility index (Phi) is 6.73. The lowest BCUT2D eigenvalue weighted by Gasteiger charge is -2.22. The molecule has 0 radical (unpaired) electrons. The van der Waals surface area contributed by atoms with Gasteiger partial charge in [-0.05, 0) is 47.0 Å². The lowest BCUT2D eigenvalue weighted by molar-refractivity contribution is -0.131. The molecule has 29 heavy (non-hydrogen) atoms. The average Bonchev–Trinajstić information content (AvgIpc) is 3.29. The SMILES string of the molecule is CN(C[C@@H](O)c1ccc(O)cc1)C(=O)CCN1C(=O)S/C(=C/c2cccs2)C1=O. The summed E-state index contributed by atoms with van der Waals surface area (Å²) in [7, 11) is 1.55. The first-order chi connectivity index (χ1) is 13.8. The summed E-state index contributed by atoms with van der Waals surface area (Å²) in [5, 5.41) is 21.0. The van der Waals surface area contributed by atoms with E-state index in [9.17, 15) is 24.6 Å². The summed E-state index contributed by atoms with van der Waals surface area (Å²) < 4.78 is 0. The van der Waals surface area contributed by atoms with Gasteiger partial charge in [0.1, 0.15) is 5.75 Å². The first-order valence-corrected chi connectivity index (χ1v) is 10.5. The number of thiophene rings is 1. The molecule has 2 heterocycles. The van der Waals surface area contributed by atoms with Crippen molar-refractivity contribution < 1.29 is 24.6 Å². The maximum absolute atomic E-state index is 12.5. The van der Waals surface area contributed by atoms with Crippen molar-refractivity contribution in [2.24, 2.45) is 0 Å². The van der Waals surface area contributed by atoms with E-state index in [4.69, 9.17) is 0 Å². The molecule has 2 aromatic rings. The van der Waals surface area contributed by atoms with E-state index < -0.39 is 17.3 Å². The molecule has 2 N–H and O–H groups in total. The van der Waals surface area contributed by atoms with Crippen LogP contribution in [0.4, 0.5) is 4.79 Å². The maximum atomic E-state index is 12.5. The molecule has 152 valence electrons. The molecule has 0 bridgehead atoms. The smallest absolute Gasteiger partial charge is 0.293 e. The molecule has 1 saturated heterocycles. The van der Waals surface area contributed by atoms with Crippen LogP contribution in [-0.2, 0) is 9.59 Å². The zero-order chi connectivity index (χ0) is 21.0. The van der Waals surface area contributed by atoms with Crippen molar-refractivity contribution in [3.05, 3.63) is 57.1 Å². The maximum Gasteiger partial charge on any atom is 0.293 e. The van der Waals surface area contributed by atoms with Gasteiger partial charge in [0.15, 0.2) is 0 Å². The molecular weight excluding hydrogens is 412 g/mol. The van der Waals surface area contributed by atoms with Crippen LogP contribution < -0.4 is 0 Å². The van der Waals surface area contributed by atoms with Gasteiger partial charge in [-0.25, -0.2) is 0 Å². The molecule has 7 nitrogen and oxygen atoms in total. The Bertz CT molecular complexity index is 925. The second-order valence-corrected chi connectivity index (χ2v) is 8.45. The number of amides is 3. The Morgan fingerprint density at radius 1 is 1.24 bits per heavy atom. The van der Waals surface area contributed by atoms with E-state index in [2.05, 4.69) is 0 Å². The van der Waals surface area contributed by atoms with Crippen LogP contribution in [0.3, 0.4) is 0 Å². The van der Waals surface area contributed by atoms with E-state index in [0.717, 1.165) is 21.5 Å². The number of phenols is 1. The standard InChI is InChI=1S/C20H20N2O5S2/c1-21(12-16(24)13-4-6-14(23)7-5-13)18(25)8-9-22-19(26)17(29-20(22)27)11-15-3-2-10-28-15/h2-7,10-11,16,23-24H,8-9,12H2,1H3/b17-11+/t16-/m1/s1. The Morgan fingerprint density at radius 2 is 1.97 bits per heavy atom. The minimum atomic E-state index is -0.907. The first-order valence-electron chi connectivity index (χ1n) is 8.85. The Balaban J connectivity index is 1.53. The fourth-order valence-electron chi connectivity index (χ4n) is 2.76. The third-order valence-corrected chi connectivity index (χ3v) is 6.12. The molecule has 3 rings (SSSR count). The summed E-state index contributed by atoms with van der Waals surface area (Å²) >= 11 is 2.34. The Hall–Kier alpha value is -2.62. The van der Waals surface area contributed by atoms with Crippen molar-refractivity contribution in [1.82, 2.24) is 9.80 Å². The molecule has 0 unspecified atom stereocenters. The third kappa shape index (κ3) is 5.26. The highest BCUT2D eigenvalue weighted by atomic mass is 32.2. The van der Waals surface area contributed by atoms with Crippen LogP contribution in [0.5, 0.6) is 5.75 Å². The molecule has 1 aromatic heterocycles. The predicted molar refractivity (Wildman–Crippen MR) is 112 cm³/mol. The molecule has 0 spiro atoms. The van der Waals surface area contributed by atoms with E-state index in [1.165, 1.54) is 28.4 Å². The van der Waals surface area contributed by atoms with Crippen LogP contribution in [-0.4, -0.2) is 57.2 Å². The molecule has 9 heteroatoms. The molecule has 1 aliphatic heterocycles. The Labute approximate surface area is 176 Å². The number of rotatable bonds is 7. The number of aromatic hydroxyl groups is 1. The molecule has 1 fully saturated rings. The van der Waals surface area contributed by atoms with Crippen molar-refractivity contribution in [3.63, 3.8) is 0 Å². The molecule has 1 aromatic carbocycles. The van der Waals surface area contributed by atoms with Gasteiger partial charge in [0.25, 0.3) is 11.1 Å². The van der Waals surface area contributed by atoms with Crippen LogP contribution in [0, 0.1) is 0 Å². The Morgan fingerprint density at radius 3 is 2.62 bits per heavy atom. The molecule has 1 atom stereocenters. The lowest BCUT2D eigenvalue weighted by Crippen LogP contribution is -2.36. The van der Waals surface area contributed by atoms with E-state index in [1.807, 2.05) is 17.5 Å². The molecule has 1 aliphatic rings. The summed E-state index contributed by atoms with van der Waals surface area (Å²) in [4.78, 5) is 40.6. The van der Waals surface area contributed by atoms with Crippen molar-refractivity contribution in [2.75, 3.05) is 20.1 Å². The van der Waals surface area contributed by atoms with Crippen LogP contribution in [0.15, 0.2) is 46.7 Å². The third-order valence-electron chi connectivity index (χ3n) is 4.39. The van der Waals surface area contributed by atoms with Gasteiger partial charge in [0, 0.05) is 24.9 Å². The summed E-state index contributed by atoms with van der Waals surface area (Å²) in [5.74, 6) is -0.590. The van der Waals surface area contributed by atoms with E-state index in [-0.39, 0.29) is 31.2 Å². The first kappa shape index (κ1) is 21.1. The molecular formula is C20H20N2O5S2. The van der Waals surface area contributed by atoms with Gasteiger partial charge in [-0.2, -0.15) is 0 Å². The zero-order valence-electron chi connectivity index (χ0n) is 15.6. The van der Waals surface area contributed by atoms with Gasteiger partial charge >= 0.3 is 0 Å². The highest BCUT2D eigenvalue weighted by Crippen LogP contribution is 2.33. The monoisotopic (exact) mass is 432 g/mol. The van der Waals surface area contributed by atoms with E-state index in [0.29, 0.717) is 10.5 Å². The van der Waals surface area contributed by atoms with Gasteiger partial charge in [-0.15, -0.1) is 11.3 Å². The summed E-state index contributed by atoms with van der Waals surface area (Å²) in [6, 6.07) is 9.81.